The Labute approximate surface area is 419 Å². The second kappa shape index (κ2) is 29.6. The minimum absolute atomic E-state index is 0.0175. The van der Waals surface area contributed by atoms with Crippen LogP contribution in [0.1, 0.15) is 58.4 Å². The SMILES string of the molecule is CC(C)[C@H](NC(=O)[C@H](C)NC(=O)[C@H](CC(=O)O)NC(=O)CNC(=O)[C@H](CO)NC(=O)[C@H](CC(=O)O)NC(=O)[C@@H](N)Cc1c[nH]c2ccccc12)C(=O)NCC(=O)N[C@@H](CC(N)=O)C(=O)N[C@@H](CCC(=O)O)C(=O)O. The molecule has 10 amide bonds. The third-order valence-corrected chi connectivity index (χ3v) is 10.5. The molecule has 406 valence electrons. The van der Waals surface area contributed by atoms with Crippen molar-refractivity contribution >= 4 is 93.9 Å². The van der Waals surface area contributed by atoms with Crippen molar-refractivity contribution in [2.45, 2.75) is 108 Å². The number of carbonyl (C=O) groups excluding carboxylic acids is 10. The van der Waals surface area contributed by atoms with E-state index < -0.39 is 189 Å². The Morgan fingerprint density at radius 1 is 0.568 bits per heavy atom. The number of benzene rings is 1. The highest BCUT2D eigenvalue weighted by Gasteiger charge is 2.34. The molecule has 0 bridgehead atoms. The molecule has 31 nitrogen and oxygen atoms in total. The lowest BCUT2D eigenvalue weighted by Crippen LogP contribution is -2.59. The molecule has 0 saturated carbocycles. The van der Waals surface area contributed by atoms with Gasteiger partial charge in [0.1, 0.15) is 42.3 Å². The lowest BCUT2D eigenvalue weighted by molar-refractivity contribution is -0.144. The Morgan fingerprint density at radius 3 is 1.58 bits per heavy atom. The summed E-state index contributed by atoms with van der Waals surface area (Å²) in [5.41, 5.74) is 12.6. The summed E-state index contributed by atoms with van der Waals surface area (Å²) in [6.07, 6.45) is -2.46. The number of hydrogen-bond acceptors (Lipinski definition) is 16. The summed E-state index contributed by atoms with van der Waals surface area (Å²) >= 11 is 0. The zero-order valence-electron chi connectivity index (χ0n) is 40.1. The highest BCUT2D eigenvalue weighted by atomic mass is 16.4. The number of para-hydroxylation sites is 1. The van der Waals surface area contributed by atoms with Crippen LogP contribution < -0.4 is 59.3 Å². The van der Waals surface area contributed by atoms with Crippen molar-refractivity contribution in [2.75, 3.05) is 19.7 Å². The maximum atomic E-state index is 13.2. The molecule has 8 atom stereocenters. The van der Waals surface area contributed by atoms with Gasteiger partial charge in [-0.3, -0.25) is 62.3 Å². The lowest BCUT2D eigenvalue weighted by Gasteiger charge is -2.25. The number of nitrogens with two attached hydrogens (primary N) is 2. The summed E-state index contributed by atoms with van der Waals surface area (Å²) in [7, 11) is 0. The van der Waals surface area contributed by atoms with E-state index in [0.29, 0.717) is 5.56 Å². The van der Waals surface area contributed by atoms with Crippen molar-refractivity contribution < 1.29 is 92.7 Å². The fourth-order valence-corrected chi connectivity index (χ4v) is 6.60. The Hall–Kier alpha value is -8.74. The number of carboxylic acids is 4. The second-order valence-electron chi connectivity index (χ2n) is 16.8. The molecule has 1 aromatic heterocycles. The van der Waals surface area contributed by atoms with Crippen LogP contribution in [0.25, 0.3) is 10.9 Å². The number of hydrogen-bond donors (Lipinski definition) is 17. The number of nitrogens with one attached hydrogen (secondary N) is 10. The van der Waals surface area contributed by atoms with Gasteiger partial charge in [-0.1, -0.05) is 32.0 Å². The van der Waals surface area contributed by atoms with Crippen molar-refractivity contribution in [1.82, 2.24) is 52.8 Å². The summed E-state index contributed by atoms with van der Waals surface area (Å²) in [6.45, 7) is 1.08. The summed E-state index contributed by atoms with van der Waals surface area (Å²) in [5.74, 6) is -18.1. The minimum atomic E-state index is -1.90. The van der Waals surface area contributed by atoms with E-state index in [1.807, 2.05) is 16.0 Å². The molecule has 0 fully saturated rings. The van der Waals surface area contributed by atoms with Gasteiger partial charge in [-0.25, -0.2) is 4.79 Å². The van der Waals surface area contributed by atoms with Crippen molar-refractivity contribution in [3.05, 3.63) is 36.0 Å². The zero-order valence-corrected chi connectivity index (χ0v) is 40.1. The highest BCUT2D eigenvalue weighted by molar-refractivity contribution is 5.99. The van der Waals surface area contributed by atoms with E-state index in [1.54, 1.807) is 30.5 Å². The minimum Gasteiger partial charge on any atom is -0.481 e. The van der Waals surface area contributed by atoms with Crippen molar-refractivity contribution in [2.24, 2.45) is 17.4 Å². The monoisotopic (exact) mass is 1050 g/mol. The van der Waals surface area contributed by atoms with Crippen LogP contribution in [-0.4, -0.2) is 181 Å². The third kappa shape index (κ3) is 20.9. The van der Waals surface area contributed by atoms with Gasteiger partial charge in [0.15, 0.2) is 0 Å². The fourth-order valence-electron chi connectivity index (χ4n) is 6.60. The molecule has 0 saturated heterocycles. The molecule has 2 aromatic rings. The highest BCUT2D eigenvalue weighted by Crippen LogP contribution is 2.19. The molecular weight excluding hydrogens is 989 g/mol. The van der Waals surface area contributed by atoms with Crippen LogP contribution in [0.15, 0.2) is 30.5 Å². The van der Waals surface area contributed by atoms with Gasteiger partial charge in [0, 0.05) is 23.5 Å². The van der Waals surface area contributed by atoms with Crippen molar-refractivity contribution in [1.29, 1.82) is 0 Å². The first-order chi connectivity index (χ1) is 34.6. The molecule has 0 aliphatic carbocycles. The molecule has 19 N–H and O–H groups in total. The van der Waals surface area contributed by atoms with Crippen LogP contribution >= 0.6 is 0 Å². The Kier molecular flexibility index (Phi) is 24.5. The zero-order chi connectivity index (χ0) is 56.0. The number of aromatic amines is 1. The van der Waals surface area contributed by atoms with Gasteiger partial charge in [0.2, 0.25) is 59.1 Å². The van der Waals surface area contributed by atoms with Gasteiger partial charge in [-0.05, 0) is 37.3 Å². The quantitative estimate of drug-likeness (QED) is 0.0324. The first kappa shape index (κ1) is 61.4. The van der Waals surface area contributed by atoms with Crippen LogP contribution in [-0.2, 0) is 73.5 Å². The van der Waals surface area contributed by atoms with E-state index in [1.165, 1.54) is 13.8 Å². The van der Waals surface area contributed by atoms with Crippen LogP contribution in [0.2, 0.25) is 0 Å². The molecular formula is C43H60N12O19. The maximum absolute atomic E-state index is 13.2. The van der Waals surface area contributed by atoms with Gasteiger partial charge in [0.25, 0.3) is 0 Å². The normalized spacial score (nSPS) is 14.1. The average Bonchev–Trinajstić information content (AvgIpc) is 3.72. The standard InChI is InChI=1S/C43H60N12O19/c1-18(2)35(42(72)48-16-31(59)50-25(11-29(45)57)40(70)52-24(43(73)74)8-9-32(60)61)55-36(66)19(3)49-39(69)26(12-33(62)63)51-30(58)15-47-38(68)28(17-56)54-41(71)27(13-34(64)65)53-37(67)22(44)10-20-14-46-23-7-5-4-6-21(20)23/h4-7,14,18-19,22,24-28,35,46,56H,8-13,15-17,44H2,1-3H3,(H2,45,57)(H,47,68)(H,48,72)(H,49,69)(H,50,59)(H,51,58)(H,52,70)(H,53,67)(H,54,71)(H,55,66)(H,60,61)(H,62,63)(H,64,65)(H,73,74)/t19-,22-,24-,25-,26-,27-,28-,35-/m0/s1. The Morgan fingerprint density at radius 2 is 1.07 bits per heavy atom. The number of aliphatic carboxylic acids is 4. The number of aliphatic hydroxyl groups excluding tert-OH is 1. The number of primary amides is 1. The van der Waals surface area contributed by atoms with Crippen LogP contribution in [0.4, 0.5) is 0 Å². The number of aliphatic hydroxyl groups is 1. The van der Waals surface area contributed by atoms with Gasteiger partial charge in [0.05, 0.1) is 45.0 Å². The van der Waals surface area contributed by atoms with Gasteiger partial charge in [-0.2, -0.15) is 0 Å². The predicted octanol–water partition coefficient (Wildman–Crippen LogP) is -6.89. The topological polar surface area (TPSA) is 516 Å². The van der Waals surface area contributed by atoms with Crippen LogP contribution in [0.5, 0.6) is 0 Å². The first-order valence-electron chi connectivity index (χ1n) is 22.4. The van der Waals surface area contributed by atoms with Gasteiger partial charge < -0.3 is 89.8 Å². The smallest absolute Gasteiger partial charge is 0.326 e. The maximum Gasteiger partial charge on any atom is 0.326 e. The van der Waals surface area contributed by atoms with E-state index in [9.17, 15) is 87.5 Å². The molecule has 0 spiro atoms. The number of rotatable bonds is 32. The Balaban J connectivity index is 2.00. The van der Waals surface area contributed by atoms with E-state index in [0.717, 1.165) is 17.8 Å². The van der Waals surface area contributed by atoms with E-state index in [2.05, 4.69) is 36.9 Å². The molecule has 2 rings (SSSR count). The molecule has 31 heteroatoms. The Bertz CT molecular complexity index is 2440. The van der Waals surface area contributed by atoms with Crippen molar-refractivity contribution in [3.63, 3.8) is 0 Å². The molecule has 0 aliphatic rings. The molecule has 1 aromatic carbocycles. The molecule has 0 aliphatic heterocycles. The largest absolute Gasteiger partial charge is 0.481 e. The van der Waals surface area contributed by atoms with Gasteiger partial charge in [-0.15, -0.1) is 0 Å². The number of amides is 10. The van der Waals surface area contributed by atoms with E-state index in [4.69, 9.17) is 16.6 Å². The number of carbonyl (C=O) groups is 14. The summed E-state index contributed by atoms with van der Waals surface area (Å²) in [5, 5.41) is 66.8. The molecule has 0 radical (unpaired) electrons. The average molecular weight is 1050 g/mol. The number of aromatic nitrogens is 1. The first-order valence-corrected chi connectivity index (χ1v) is 22.4. The van der Waals surface area contributed by atoms with Crippen molar-refractivity contribution in [3.8, 4) is 0 Å². The molecule has 1 heterocycles. The molecule has 74 heavy (non-hydrogen) atoms. The molecule has 0 unspecified atom stereocenters. The number of fused-ring (bicyclic) bond motifs is 1. The fraction of sp³-hybridized carbons (Fsp3) is 0.488. The third-order valence-electron chi connectivity index (χ3n) is 10.5. The summed E-state index contributed by atoms with van der Waals surface area (Å²) in [6, 6.07) is -6.11. The van der Waals surface area contributed by atoms with E-state index in [-0.39, 0.29) is 6.42 Å². The number of carboxylic acid groups (broad SMARTS) is 4. The van der Waals surface area contributed by atoms with Gasteiger partial charge >= 0.3 is 23.9 Å². The predicted molar refractivity (Wildman–Crippen MR) is 250 cm³/mol. The second-order valence-corrected chi connectivity index (χ2v) is 16.8. The van der Waals surface area contributed by atoms with Crippen LogP contribution in [0.3, 0.4) is 0 Å². The number of H-pyrrole nitrogens is 1. The van der Waals surface area contributed by atoms with E-state index >= 15 is 0 Å². The van der Waals surface area contributed by atoms with Crippen LogP contribution in [0, 0.1) is 5.92 Å². The summed E-state index contributed by atoms with van der Waals surface area (Å²) in [4.78, 5) is 177. The lowest BCUT2D eigenvalue weighted by atomic mass is 10.0. The summed E-state index contributed by atoms with van der Waals surface area (Å²) < 4.78 is 0.